The van der Waals surface area contributed by atoms with Crippen molar-refractivity contribution in [2.45, 2.75) is 25.9 Å². The summed E-state index contributed by atoms with van der Waals surface area (Å²) in [5, 5.41) is 13.0. The van der Waals surface area contributed by atoms with Crippen LogP contribution in [0.25, 0.3) is 5.57 Å². The number of pyridine rings is 1. The van der Waals surface area contributed by atoms with Gasteiger partial charge in [0.2, 0.25) is 0 Å². The average Bonchev–Trinajstić information content (AvgIpc) is 2.92. The number of aromatic nitrogens is 1. The van der Waals surface area contributed by atoms with Crippen LogP contribution in [0.3, 0.4) is 0 Å². The van der Waals surface area contributed by atoms with Crippen molar-refractivity contribution < 1.29 is 14.3 Å². The van der Waals surface area contributed by atoms with E-state index in [1.54, 1.807) is 32.2 Å². The highest BCUT2D eigenvalue weighted by Gasteiger charge is 2.34. The minimum Gasteiger partial charge on any atom is -0.386 e. The van der Waals surface area contributed by atoms with Gasteiger partial charge < -0.3 is 10.4 Å². The minimum atomic E-state index is -1.22. The van der Waals surface area contributed by atoms with Crippen molar-refractivity contribution in [2.24, 2.45) is 0 Å². The van der Waals surface area contributed by atoms with Crippen molar-refractivity contribution in [3.63, 3.8) is 0 Å². The lowest BCUT2D eigenvalue weighted by Crippen LogP contribution is -2.30. The Morgan fingerprint density at radius 1 is 1.17 bits per heavy atom. The largest absolute Gasteiger partial charge is 0.386 e. The molecule has 0 bridgehead atoms. The SMILES string of the molecule is CC(C)(O)C1=C(c2ccc(Cc3ccc(F)cc3)cn2)CNC1=O. The van der Waals surface area contributed by atoms with Gasteiger partial charge in [-0.05, 0) is 49.6 Å². The van der Waals surface area contributed by atoms with Gasteiger partial charge in [0, 0.05) is 18.3 Å². The summed E-state index contributed by atoms with van der Waals surface area (Å²) < 4.78 is 12.9. The Bertz CT molecular complexity index is 788. The van der Waals surface area contributed by atoms with Gasteiger partial charge in [0.25, 0.3) is 5.91 Å². The molecule has 0 saturated carbocycles. The van der Waals surface area contributed by atoms with E-state index in [2.05, 4.69) is 10.3 Å². The molecular weight excluding hydrogens is 307 g/mol. The zero-order chi connectivity index (χ0) is 17.3. The van der Waals surface area contributed by atoms with Crippen LogP contribution in [0.15, 0.2) is 48.2 Å². The fourth-order valence-corrected chi connectivity index (χ4v) is 2.89. The predicted octanol–water partition coefficient (Wildman–Crippen LogP) is 2.47. The topological polar surface area (TPSA) is 62.2 Å². The summed E-state index contributed by atoms with van der Waals surface area (Å²) >= 11 is 0. The second-order valence-electron chi connectivity index (χ2n) is 6.45. The molecule has 0 radical (unpaired) electrons. The molecule has 0 unspecified atom stereocenters. The first-order chi connectivity index (χ1) is 11.3. The summed E-state index contributed by atoms with van der Waals surface area (Å²) in [7, 11) is 0. The first-order valence-corrected chi connectivity index (χ1v) is 7.78. The van der Waals surface area contributed by atoms with Gasteiger partial charge in [-0.1, -0.05) is 18.2 Å². The number of carbonyl (C=O) groups is 1. The number of aliphatic hydroxyl groups is 1. The molecule has 4 nitrogen and oxygen atoms in total. The number of rotatable bonds is 4. The highest BCUT2D eigenvalue weighted by Crippen LogP contribution is 2.29. The Morgan fingerprint density at radius 3 is 2.42 bits per heavy atom. The molecule has 1 aromatic heterocycles. The summed E-state index contributed by atoms with van der Waals surface area (Å²) in [6.07, 6.45) is 2.40. The fraction of sp³-hybridized carbons (Fsp3) is 0.263. The van der Waals surface area contributed by atoms with Gasteiger partial charge in [0.05, 0.1) is 16.9 Å². The van der Waals surface area contributed by atoms with Gasteiger partial charge in [-0.25, -0.2) is 4.39 Å². The maximum absolute atomic E-state index is 12.9. The molecule has 0 aliphatic carbocycles. The van der Waals surface area contributed by atoms with Crippen molar-refractivity contribution >= 4 is 11.5 Å². The van der Waals surface area contributed by atoms with E-state index < -0.39 is 5.60 Å². The predicted molar refractivity (Wildman–Crippen MR) is 89.7 cm³/mol. The van der Waals surface area contributed by atoms with E-state index in [4.69, 9.17) is 0 Å². The molecule has 2 aromatic rings. The van der Waals surface area contributed by atoms with Crippen molar-refractivity contribution in [1.29, 1.82) is 0 Å². The van der Waals surface area contributed by atoms with Crippen LogP contribution in [0.4, 0.5) is 4.39 Å². The molecule has 1 aliphatic heterocycles. The van der Waals surface area contributed by atoms with Gasteiger partial charge in [0.15, 0.2) is 0 Å². The second kappa shape index (κ2) is 6.17. The Hall–Kier alpha value is -2.53. The molecule has 0 fully saturated rings. The molecule has 24 heavy (non-hydrogen) atoms. The quantitative estimate of drug-likeness (QED) is 0.907. The Labute approximate surface area is 140 Å². The van der Waals surface area contributed by atoms with Crippen LogP contribution in [0.2, 0.25) is 0 Å². The molecule has 1 aromatic carbocycles. The number of hydrogen-bond acceptors (Lipinski definition) is 3. The van der Waals surface area contributed by atoms with E-state index in [0.29, 0.717) is 24.2 Å². The summed E-state index contributed by atoms with van der Waals surface area (Å²) in [6.45, 7) is 3.55. The van der Waals surface area contributed by atoms with E-state index in [1.807, 2.05) is 12.1 Å². The number of benzene rings is 1. The molecule has 1 amide bonds. The number of nitrogens with one attached hydrogen (secondary N) is 1. The molecule has 5 heteroatoms. The van der Waals surface area contributed by atoms with Crippen LogP contribution in [0.1, 0.15) is 30.7 Å². The van der Waals surface area contributed by atoms with E-state index >= 15 is 0 Å². The van der Waals surface area contributed by atoms with Crippen LogP contribution >= 0.6 is 0 Å². The maximum Gasteiger partial charge on any atom is 0.250 e. The normalized spacial score (nSPS) is 14.9. The van der Waals surface area contributed by atoms with E-state index in [9.17, 15) is 14.3 Å². The van der Waals surface area contributed by atoms with Gasteiger partial charge in [-0.2, -0.15) is 0 Å². The molecular formula is C19H19FN2O2. The van der Waals surface area contributed by atoms with E-state index in [1.165, 1.54) is 12.1 Å². The highest BCUT2D eigenvalue weighted by atomic mass is 19.1. The van der Waals surface area contributed by atoms with Crippen molar-refractivity contribution in [3.8, 4) is 0 Å². The summed E-state index contributed by atoms with van der Waals surface area (Å²) in [4.78, 5) is 16.4. The number of nitrogens with zero attached hydrogens (tertiary/aromatic N) is 1. The smallest absolute Gasteiger partial charge is 0.250 e. The monoisotopic (exact) mass is 326 g/mol. The summed E-state index contributed by atoms with van der Waals surface area (Å²) in [6, 6.07) is 10.2. The lowest BCUT2D eigenvalue weighted by atomic mass is 9.93. The lowest BCUT2D eigenvalue weighted by Gasteiger charge is -2.19. The van der Waals surface area contributed by atoms with Crippen LogP contribution < -0.4 is 5.32 Å². The van der Waals surface area contributed by atoms with Gasteiger partial charge in [-0.15, -0.1) is 0 Å². The zero-order valence-corrected chi connectivity index (χ0v) is 13.6. The van der Waals surface area contributed by atoms with Crippen LogP contribution in [-0.2, 0) is 11.2 Å². The maximum atomic E-state index is 12.9. The van der Waals surface area contributed by atoms with Crippen molar-refractivity contribution in [1.82, 2.24) is 10.3 Å². The number of halogens is 1. The number of hydrogen-bond donors (Lipinski definition) is 2. The summed E-state index contributed by atoms with van der Waals surface area (Å²) in [5.74, 6) is -0.508. The second-order valence-corrected chi connectivity index (χ2v) is 6.45. The molecule has 3 rings (SSSR count). The van der Waals surface area contributed by atoms with Crippen LogP contribution in [-0.4, -0.2) is 28.1 Å². The molecule has 2 N–H and O–H groups in total. The van der Waals surface area contributed by atoms with E-state index in [0.717, 1.165) is 16.7 Å². The highest BCUT2D eigenvalue weighted by molar-refractivity contribution is 6.07. The zero-order valence-electron chi connectivity index (χ0n) is 13.6. The third kappa shape index (κ3) is 3.36. The van der Waals surface area contributed by atoms with Crippen molar-refractivity contribution in [2.75, 3.05) is 6.54 Å². The molecule has 0 spiro atoms. The van der Waals surface area contributed by atoms with Gasteiger partial charge in [-0.3, -0.25) is 9.78 Å². The molecule has 0 saturated heterocycles. The molecule has 0 atom stereocenters. The molecule has 124 valence electrons. The number of amides is 1. The van der Waals surface area contributed by atoms with Crippen LogP contribution in [0, 0.1) is 5.82 Å². The Balaban J connectivity index is 1.85. The lowest BCUT2D eigenvalue weighted by molar-refractivity contribution is -0.118. The van der Waals surface area contributed by atoms with E-state index in [-0.39, 0.29) is 11.7 Å². The fourth-order valence-electron chi connectivity index (χ4n) is 2.89. The minimum absolute atomic E-state index is 0.253. The van der Waals surface area contributed by atoms with Crippen LogP contribution in [0.5, 0.6) is 0 Å². The third-order valence-corrected chi connectivity index (χ3v) is 4.02. The molecule has 1 aliphatic rings. The van der Waals surface area contributed by atoms with Crippen molar-refractivity contribution in [3.05, 3.63) is 70.8 Å². The van der Waals surface area contributed by atoms with Gasteiger partial charge >= 0.3 is 0 Å². The number of carbonyl (C=O) groups excluding carboxylic acids is 1. The standard InChI is InChI=1S/C19H19FN2O2/c1-19(2,24)17-15(11-22-18(17)23)16-8-5-13(10-21-16)9-12-3-6-14(20)7-4-12/h3-8,10,24H,9,11H2,1-2H3,(H,22,23). The Kier molecular flexibility index (Phi) is 4.20. The third-order valence-electron chi connectivity index (χ3n) is 4.02. The Morgan fingerprint density at radius 2 is 1.83 bits per heavy atom. The average molecular weight is 326 g/mol. The molecule has 2 heterocycles. The first kappa shape index (κ1) is 16.3. The van der Waals surface area contributed by atoms with Gasteiger partial charge in [0.1, 0.15) is 5.82 Å². The first-order valence-electron chi connectivity index (χ1n) is 7.78. The summed E-state index contributed by atoms with van der Waals surface area (Å²) in [5.41, 5.74) is 2.54.